The molecule has 0 spiro atoms. The molecule has 2 rings (SSSR count). The zero-order chi connectivity index (χ0) is 11.9. The largest absolute Gasteiger partial charge is 0.382 e. The molecule has 1 aliphatic heterocycles. The molecule has 0 aromatic carbocycles. The summed E-state index contributed by atoms with van der Waals surface area (Å²) in [5.74, 6) is 0.622. The van der Waals surface area contributed by atoms with Gasteiger partial charge >= 0.3 is 0 Å². The van der Waals surface area contributed by atoms with Crippen LogP contribution in [-0.2, 0) is 6.54 Å². The maximum Gasteiger partial charge on any atom is 0.145 e. The lowest BCUT2D eigenvalue weighted by Gasteiger charge is -2.24. The van der Waals surface area contributed by atoms with Crippen molar-refractivity contribution in [1.29, 1.82) is 0 Å². The van der Waals surface area contributed by atoms with Gasteiger partial charge in [-0.1, -0.05) is 19.3 Å². The van der Waals surface area contributed by atoms with Crippen molar-refractivity contribution in [3.05, 3.63) is 12.3 Å². The summed E-state index contributed by atoms with van der Waals surface area (Å²) >= 11 is 0. The van der Waals surface area contributed by atoms with Gasteiger partial charge in [0.25, 0.3) is 0 Å². The second-order valence-corrected chi connectivity index (χ2v) is 4.97. The van der Waals surface area contributed by atoms with Crippen molar-refractivity contribution in [2.24, 2.45) is 0 Å². The van der Waals surface area contributed by atoms with E-state index >= 15 is 0 Å². The normalized spacial score (nSPS) is 18.8. The first-order valence-corrected chi connectivity index (χ1v) is 6.86. The highest BCUT2D eigenvalue weighted by molar-refractivity contribution is 5.23. The average Bonchev–Trinajstić information content (AvgIpc) is 2.67. The lowest BCUT2D eigenvalue weighted by atomic mass is 10.1. The van der Waals surface area contributed by atoms with E-state index in [1.165, 1.54) is 58.2 Å². The highest BCUT2D eigenvalue weighted by Gasteiger charge is 2.07. The van der Waals surface area contributed by atoms with Crippen LogP contribution in [0.3, 0.4) is 0 Å². The van der Waals surface area contributed by atoms with E-state index in [1.807, 2.05) is 16.9 Å². The van der Waals surface area contributed by atoms with Crippen LogP contribution in [0.4, 0.5) is 5.82 Å². The summed E-state index contributed by atoms with van der Waals surface area (Å²) in [5, 5.41) is 4.20. The average molecular weight is 236 g/mol. The first-order chi connectivity index (χ1) is 8.34. The molecule has 0 amide bonds. The van der Waals surface area contributed by atoms with Crippen LogP contribution in [0.1, 0.15) is 38.5 Å². The number of nitrogen functional groups attached to an aromatic ring is 1. The molecule has 2 heterocycles. The maximum atomic E-state index is 5.59. The van der Waals surface area contributed by atoms with E-state index in [0.29, 0.717) is 5.82 Å². The molecule has 1 aromatic heterocycles. The van der Waals surface area contributed by atoms with Gasteiger partial charge in [-0.3, -0.25) is 4.68 Å². The second kappa shape index (κ2) is 6.64. The van der Waals surface area contributed by atoms with Crippen molar-refractivity contribution in [2.75, 3.05) is 25.4 Å². The zero-order valence-electron chi connectivity index (χ0n) is 10.6. The zero-order valence-corrected chi connectivity index (χ0v) is 10.6. The van der Waals surface area contributed by atoms with E-state index in [-0.39, 0.29) is 0 Å². The molecule has 0 bridgehead atoms. The molecular weight excluding hydrogens is 212 g/mol. The minimum absolute atomic E-state index is 0.622. The number of aryl methyl sites for hydroxylation is 1. The molecule has 0 radical (unpaired) electrons. The van der Waals surface area contributed by atoms with Crippen molar-refractivity contribution in [2.45, 2.75) is 45.1 Å². The number of anilines is 1. The van der Waals surface area contributed by atoms with Gasteiger partial charge in [-0.2, -0.15) is 5.10 Å². The smallest absolute Gasteiger partial charge is 0.145 e. The minimum Gasteiger partial charge on any atom is -0.382 e. The molecule has 4 nitrogen and oxygen atoms in total. The van der Waals surface area contributed by atoms with Gasteiger partial charge in [0, 0.05) is 12.7 Å². The van der Waals surface area contributed by atoms with Gasteiger partial charge < -0.3 is 10.6 Å². The van der Waals surface area contributed by atoms with Crippen LogP contribution >= 0.6 is 0 Å². The van der Waals surface area contributed by atoms with Gasteiger partial charge in [0.1, 0.15) is 5.82 Å². The molecular formula is C13H24N4. The molecule has 1 aromatic rings. The lowest BCUT2D eigenvalue weighted by molar-refractivity contribution is 0.239. The molecule has 0 atom stereocenters. The molecule has 96 valence electrons. The second-order valence-electron chi connectivity index (χ2n) is 4.97. The van der Waals surface area contributed by atoms with Crippen LogP contribution in [-0.4, -0.2) is 34.3 Å². The molecule has 1 aliphatic rings. The monoisotopic (exact) mass is 236 g/mol. The number of nitrogens with two attached hydrogens (primary N) is 1. The highest BCUT2D eigenvalue weighted by Crippen LogP contribution is 2.10. The van der Waals surface area contributed by atoms with Crippen LogP contribution < -0.4 is 5.73 Å². The fraction of sp³-hybridized carbons (Fsp3) is 0.769. The molecule has 4 heteroatoms. The molecule has 1 saturated heterocycles. The minimum atomic E-state index is 0.622. The van der Waals surface area contributed by atoms with E-state index < -0.39 is 0 Å². The molecule has 0 saturated carbocycles. The number of hydrogen-bond acceptors (Lipinski definition) is 3. The third-order valence-corrected chi connectivity index (χ3v) is 3.47. The Morgan fingerprint density at radius 2 is 1.76 bits per heavy atom. The summed E-state index contributed by atoms with van der Waals surface area (Å²) in [5.41, 5.74) is 5.59. The van der Waals surface area contributed by atoms with Gasteiger partial charge in [-0.05, 0) is 45.0 Å². The van der Waals surface area contributed by atoms with Crippen LogP contribution in [0.2, 0.25) is 0 Å². The van der Waals surface area contributed by atoms with Crippen molar-refractivity contribution in [3.63, 3.8) is 0 Å². The summed E-state index contributed by atoms with van der Waals surface area (Å²) < 4.78 is 1.94. The van der Waals surface area contributed by atoms with Crippen molar-refractivity contribution in [3.8, 4) is 0 Å². The molecule has 0 aliphatic carbocycles. The summed E-state index contributed by atoms with van der Waals surface area (Å²) in [6.07, 6.45) is 10.1. The summed E-state index contributed by atoms with van der Waals surface area (Å²) in [6.45, 7) is 4.73. The standard InChI is InChI=1S/C13H24N4/c14-13-7-12-17(15-13)11-6-10-16-8-4-2-1-3-5-9-16/h7,12H,1-6,8-11H2,(H2,14,15). The number of likely N-dealkylation sites (tertiary alicyclic amines) is 1. The van der Waals surface area contributed by atoms with E-state index in [4.69, 9.17) is 5.73 Å². The van der Waals surface area contributed by atoms with Gasteiger partial charge in [-0.25, -0.2) is 0 Å². The van der Waals surface area contributed by atoms with Crippen molar-refractivity contribution >= 4 is 5.82 Å². The van der Waals surface area contributed by atoms with Crippen molar-refractivity contribution < 1.29 is 0 Å². The fourth-order valence-electron chi connectivity index (χ4n) is 2.49. The fourth-order valence-corrected chi connectivity index (χ4v) is 2.49. The molecule has 17 heavy (non-hydrogen) atoms. The van der Waals surface area contributed by atoms with E-state index in [1.54, 1.807) is 0 Å². The Bertz CT molecular complexity index is 313. The Kier molecular flexibility index (Phi) is 4.86. The van der Waals surface area contributed by atoms with Crippen LogP contribution in [0.5, 0.6) is 0 Å². The molecule has 2 N–H and O–H groups in total. The topological polar surface area (TPSA) is 47.1 Å². The summed E-state index contributed by atoms with van der Waals surface area (Å²) in [6, 6.07) is 1.86. The third-order valence-electron chi connectivity index (χ3n) is 3.47. The predicted molar refractivity (Wildman–Crippen MR) is 70.8 cm³/mol. The predicted octanol–water partition coefficient (Wildman–Crippen LogP) is 2.12. The SMILES string of the molecule is Nc1ccn(CCCN2CCCCCCC2)n1. The van der Waals surface area contributed by atoms with E-state index in [0.717, 1.165) is 6.54 Å². The Morgan fingerprint density at radius 1 is 1.06 bits per heavy atom. The Labute approximate surface area is 104 Å². The van der Waals surface area contributed by atoms with Crippen LogP contribution in [0.15, 0.2) is 12.3 Å². The Balaban J connectivity index is 1.66. The highest BCUT2D eigenvalue weighted by atomic mass is 15.3. The third kappa shape index (κ3) is 4.38. The number of hydrogen-bond donors (Lipinski definition) is 1. The first-order valence-electron chi connectivity index (χ1n) is 6.86. The van der Waals surface area contributed by atoms with E-state index in [2.05, 4.69) is 10.00 Å². The summed E-state index contributed by atoms with van der Waals surface area (Å²) in [7, 11) is 0. The van der Waals surface area contributed by atoms with Gasteiger partial charge in [0.2, 0.25) is 0 Å². The Morgan fingerprint density at radius 3 is 2.41 bits per heavy atom. The van der Waals surface area contributed by atoms with Gasteiger partial charge in [0.05, 0.1) is 0 Å². The number of nitrogens with zero attached hydrogens (tertiary/aromatic N) is 3. The van der Waals surface area contributed by atoms with Gasteiger partial charge in [-0.15, -0.1) is 0 Å². The number of rotatable bonds is 4. The number of aromatic nitrogens is 2. The quantitative estimate of drug-likeness (QED) is 0.871. The maximum absolute atomic E-state index is 5.59. The van der Waals surface area contributed by atoms with Crippen LogP contribution in [0.25, 0.3) is 0 Å². The molecule has 0 unspecified atom stereocenters. The molecule has 1 fully saturated rings. The van der Waals surface area contributed by atoms with Crippen LogP contribution in [0, 0.1) is 0 Å². The van der Waals surface area contributed by atoms with E-state index in [9.17, 15) is 0 Å². The lowest BCUT2D eigenvalue weighted by Crippen LogP contribution is -2.29. The van der Waals surface area contributed by atoms with Gasteiger partial charge in [0.15, 0.2) is 0 Å². The first kappa shape index (κ1) is 12.4. The van der Waals surface area contributed by atoms with Crippen molar-refractivity contribution in [1.82, 2.24) is 14.7 Å². The Hall–Kier alpha value is -1.03. The summed E-state index contributed by atoms with van der Waals surface area (Å²) in [4.78, 5) is 2.60.